The number of carboxylic acids is 1. The van der Waals surface area contributed by atoms with E-state index in [-0.39, 0.29) is 0 Å². The Balaban J connectivity index is 2.12. The van der Waals surface area contributed by atoms with Crippen LogP contribution >= 0.6 is 0 Å². The molecule has 0 fully saturated rings. The van der Waals surface area contributed by atoms with E-state index >= 15 is 0 Å². The highest BCUT2D eigenvalue weighted by Crippen LogP contribution is 2.16. The lowest BCUT2D eigenvalue weighted by molar-refractivity contribution is -0.138. The van der Waals surface area contributed by atoms with Crippen molar-refractivity contribution in [1.82, 2.24) is 20.3 Å². The maximum absolute atomic E-state index is 12.7. The average molecular weight is 338 g/mol. The summed E-state index contributed by atoms with van der Waals surface area (Å²) in [6, 6.07) is 14.1. The number of fused-ring (bicyclic) bond motifs is 1. The first-order valence-electron chi connectivity index (χ1n) is 7.46. The van der Waals surface area contributed by atoms with Crippen molar-refractivity contribution >= 4 is 22.8 Å². The third-order valence-electron chi connectivity index (χ3n) is 3.61. The van der Waals surface area contributed by atoms with Crippen molar-refractivity contribution < 1.29 is 14.7 Å². The molecule has 0 aliphatic heterocycles. The molecule has 1 unspecified atom stereocenters. The summed E-state index contributed by atoms with van der Waals surface area (Å²) in [4.78, 5) is 36.0. The summed E-state index contributed by atoms with van der Waals surface area (Å²) >= 11 is 0. The molecule has 0 saturated heterocycles. The van der Waals surface area contributed by atoms with Crippen LogP contribution in [0.2, 0.25) is 0 Å². The lowest BCUT2D eigenvalue weighted by atomic mass is 10.1. The summed E-state index contributed by atoms with van der Waals surface area (Å²) < 4.78 is 0.967. The zero-order chi connectivity index (χ0) is 17.8. The summed E-state index contributed by atoms with van der Waals surface area (Å²) in [5, 5.41) is 19.2. The fourth-order valence-electron chi connectivity index (χ4n) is 2.47. The quantitative estimate of drug-likeness (QED) is 0.703. The molecule has 0 bridgehead atoms. The molecular weight excluding hydrogens is 324 g/mol. The van der Waals surface area contributed by atoms with Gasteiger partial charge in [-0.2, -0.15) is 4.68 Å². The first-order valence-corrected chi connectivity index (χ1v) is 7.46. The third-order valence-corrected chi connectivity index (χ3v) is 3.61. The maximum Gasteiger partial charge on any atom is 0.322 e. The number of aromatic nitrogens is 3. The van der Waals surface area contributed by atoms with Gasteiger partial charge in [0.25, 0.3) is 5.56 Å². The number of amides is 1. The molecular formula is C17H14N4O4. The second-order valence-corrected chi connectivity index (χ2v) is 5.28. The molecule has 1 atom stereocenters. The Bertz CT molecular complexity index is 985. The van der Waals surface area contributed by atoms with Gasteiger partial charge in [-0.1, -0.05) is 47.7 Å². The predicted octanol–water partition coefficient (Wildman–Crippen LogP) is 0.582. The van der Waals surface area contributed by atoms with Crippen LogP contribution in [0.25, 0.3) is 10.9 Å². The van der Waals surface area contributed by atoms with Gasteiger partial charge in [-0.25, -0.2) is 0 Å². The van der Waals surface area contributed by atoms with Gasteiger partial charge < -0.3 is 10.4 Å². The fraction of sp³-hybridized carbons (Fsp3) is 0.118. The van der Waals surface area contributed by atoms with Gasteiger partial charge in [0, 0.05) is 0 Å². The molecule has 0 aliphatic carbocycles. The molecule has 8 heteroatoms. The minimum atomic E-state index is -1.18. The van der Waals surface area contributed by atoms with Crippen molar-refractivity contribution in [2.75, 3.05) is 6.54 Å². The summed E-state index contributed by atoms with van der Waals surface area (Å²) in [6.07, 6.45) is 0. The van der Waals surface area contributed by atoms with E-state index in [0.29, 0.717) is 16.5 Å². The van der Waals surface area contributed by atoms with Gasteiger partial charge in [-0.15, -0.1) is 5.10 Å². The van der Waals surface area contributed by atoms with E-state index in [0.717, 1.165) is 4.68 Å². The summed E-state index contributed by atoms with van der Waals surface area (Å²) in [5.41, 5.74) is 0.434. The summed E-state index contributed by atoms with van der Waals surface area (Å²) in [6.45, 7) is -0.558. The fourth-order valence-corrected chi connectivity index (χ4v) is 2.47. The Morgan fingerprint density at radius 2 is 1.76 bits per heavy atom. The molecule has 8 nitrogen and oxygen atoms in total. The number of hydrogen-bond acceptors (Lipinski definition) is 5. The average Bonchev–Trinajstić information content (AvgIpc) is 2.63. The Labute approximate surface area is 141 Å². The monoisotopic (exact) mass is 338 g/mol. The molecule has 1 heterocycles. The number of benzene rings is 2. The zero-order valence-electron chi connectivity index (χ0n) is 13.0. The van der Waals surface area contributed by atoms with Crippen LogP contribution in [0.5, 0.6) is 0 Å². The van der Waals surface area contributed by atoms with Crippen LogP contribution in [-0.2, 0) is 9.59 Å². The van der Waals surface area contributed by atoms with Crippen LogP contribution in [0, 0.1) is 0 Å². The number of rotatable bonds is 5. The number of nitrogens with one attached hydrogen (secondary N) is 1. The Morgan fingerprint density at radius 1 is 1.08 bits per heavy atom. The van der Waals surface area contributed by atoms with E-state index in [4.69, 9.17) is 5.11 Å². The molecule has 25 heavy (non-hydrogen) atoms. The van der Waals surface area contributed by atoms with Crippen molar-refractivity contribution in [3.05, 3.63) is 70.5 Å². The molecule has 126 valence electrons. The molecule has 0 aliphatic rings. The van der Waals surface area contributed by atoms with Crippen LogP contribution in [0.3, 0.4) is 0 Å². The van der Waals surface area contributed by atoms with Crippen LogP contribution in [0.1, 0.15) is 11.6 Å². The van der Waals surface area contributed by atoms with Crippen molar-refractivity contribution in [2.24, 2.45) is 0 Å². The van der Waals surface area contributed by atoms with Crippen LogP contribution in [0.4, 0.5) is 0 Å². The van der Waals surface area contributed by atoms with Gasteiger partial charge in [0.15, 0.2) is 6.04 Å². The highest BCUT2D eigenvalue weighted by Gasteiger charge is 2.26. The van der Waals surface area contributed by atoms with Crippen molar-refractivity contribution in [3.63, 3.8) is 0 Å². The number of aliphatic carboxylic acids is 1. The normalized spacial score (nSPS) is 11.8. The highest BCUT2D eigenvalue weighted by atomic mass is 16.4. The number of carboxylic acid groups (broad SMARTS) is 1. The molecule has 3 rings (SSSR count). The van der Waals surface area contributed by atoms with E-state index in [1.54, 1.807) is 54.6 Å². The third kappa shape index (κ3) is 3.37. The topological polar surface area (TPSA) is 114 Å². The SMILES string of the molecule is O=C(O)CNC(=O)C(c1ccccc1)n1nnc2ccccc2c1=O. The Kier molecular flexibility index (Phi) is 4.51. The minimum Gasteiger partial charge on any atom is -0.480 e. The standard InChI is InChI=1S/C17H14N4O4/c22-14(23)10-18-16(24)15(11-6-2-1-3-7-11)21-17(25)12-8-4-5-9-13(12)19-20-21/h1-9,15H,10H2,(H,18,24)(H,22,23). The molecule has 0 spiro atoms. The smallest absolute Gasteiger partial charge is 0.322 e. The maximum atomic E-state index is 12.7. The minimum absolute atomic E-state index is 0.324. The van der Waals surface area contributed by atoms with Crippen molar-refractivity contribution in [1.29, 1.82) is 0 Å². The van der Waals surface area contributed by atoms with E-state index in [1.807, 2.05) is 0 Å². The lowest BCUT2D eigenvalue weighted by Crippen LogP contribution is -2.41. The van der Waals surface area contributed by atoms with E-state index in [9.17, 15) is 14.4 Å². The second kappa shape index (κ2) is 6.91. The predicted molar refractivity (Wildman–Crippen MR) is 89.0 cm³/mol. The van der Waals surface area contributed by atoms with Crippen LogP contribution in [0.15, 0.2) is 59.4 Å². The number of carbonyl (C=O) groups excluding carboxylic acids is 1. The number of carbonyl (C=O) groups is 2. The first-order chi connectivity index (χ1) is 12.1. The summed E-state index contributed by atoms with van der Waals surface area (Å²) in [5.74, 6) is -1.84. The molecule has 0 radical (unpaired) electrons. The molecule has 1 amide bonds. The van der Waals surface area contributed by atoms with Gasteiger partial charge in [-0.3, -0.25) is 14.4 Å². The number of hydrogen-bond donors (Lipinski definition) is 2. The molecule has 1 aromatic heterocycles. The first kappa shape index (κ1) is 16.3. The molecule has 0 saturated carbocycles. The van der Waals surface area contributed by atoms with Crippen molar-refractivity contribution in [2.45, 2.75) is 6.04 Å². The van der Waals surface area contributed by atoms with Crippen molar-refractivity contribution in [3.8, 4) is 0 Å². The highest BCUT2D eigenvalue weighted by molar-refractivity contribution is 5.87. The van der Waals surface area contributed by atoms with Gasteiger partial charge >= 0.3 is 5.97 Å². The molecule has 2 N–H and O–H groups in total. The van der Waals surface area contributed by atoms with Gasteiger partial charge in [0.05, 0.1) is 5.39 Å². The van der Waals surface area contributed by atoms with Crippen LogP contribution in [-0.4, -0.2) is 38.5 Å². The van der Waals surface area contributed by atoms with Gasteiger partial charge in [0.2, 0.25) is 5.91 Å². The summed E-state index contributed by atoms with van der Waals surface area (Å²) in [7, 11) is 0. The van der Waals surface area contributed by atoms with Crippen LogP contribution < -0.4 is 10.9 Å². The molecule has 2 aromatic carbocycles. The number of nitrogens with zero attached hydrogens (tertiary/aromatic N) is 3. The second-order valence-electron chi connectivity index (χ2n) is 5.28. The largest absolute Gasteiger partial charge is 0.480 e. The van der Waals surface area contributed by atoms with Gasteiger partial charge in [0.1, 0.15) is 12.1 Å². The van der Waals surface area contributed by atoms with E-state index in [2.05, 4.69) is 15.6 Å². The van der Waals surface area contributed by atoms with E-state index in [1.165, 1.54) is 0 Å². The van der Waals surface area contributed by atoms with E-state index < -0.39 is 30.0 Å². The Hall–Kier alpha value is -3.55. The Morgan fingerprint density at radius 3 is 2.48 bits per heavy atom. The zero-order valence-corrected chi connectivity index (χ0v) is 13.0. The van der Waals surface area contributed by atoms with Gasteiger partial charge in [-0.05, 0) is 17.7 Å². The molecule has 3 aromatic rings. The lowest BCUT2D eigenvalue weighted by Gasteiger charge is -2.17.